The second-order valence-corrected chi connectivity index (χ2v) is 10.8. The molecule has 1 fully saturated rings. The normalized spacial score (nSPS) is 20.5. The molecule has 0 aromatic heterocycles. The van der Waals surface area contributed by atoms with Crippen molar-refractivity contribution in [3.05, 3.63) is 12.2 Å². The minimum absolute atomic E-state index is 0.0753. The van der Waals surface area contributed by atoms with E-state index in [0.717, 1.165) is 32.1 Å². The zero-order chi connectivity index (χ0) is 26.8. The number of aliphatic hydroxyl groups is 3. The summed E-state index contributed by atoms with van der Waals surface area (Å²) in [7, 11) is 1.21. The summed E-state index contributed by atoms with van der Waals surface area (Å²) < 4.78 is 10.5. The molecule has 1 aliphatic carbocycles. The van der Waals surface area contributed by atoms with Gasteiger partial charge in [-0.25, -0.2) is 0 Å². The quantitative estimate of drug-likeness (QED) is 0.222. The largest absolute Gasteiger partial charge is 0.461 e. The van der Waals surface area contributed by atoms with Gasteiger partial charge in [-0.05, 0) is 25.2 Å². The van der Waals surface area contributed by atoms with Crippen molar-refractivity contribution in [1.82, 2.24) is 5.32 Å². The molecule has 35 heavy (non-hydrogen) atoms. The van der Waals surface area contributed by atoms with Crippen LogP contribution in [-0.4, -0.2) is 77.2 Å². The Morgan fingerprint density at radius 2 is 1.63 bits per heavy atom. The van der Waals surface area contributed by atoms with Crippen molar-refractivity contribution >= 4 is 17.7 Å². The predicted octanol–water partition coefficient (Wildman–Crippen LogP) is 1.91. The summed E-state index contributed by atoms with van der Waals surface area (Å²) in [5.41, 5.74) is -0.239. The van der Waals surface area contributed by atoms with Gasteiger partial charge in [-0.3, -0.25) is 14.4 Å². The van der Waals surface area contributed by atoms with E-state index in [1.54, 1.807) is 19.9 Å². The van der Waals surface area contributed by atoms with Crippen LogP contribution in [0.15, 0.2) is 12.2 Å². The van der Waals surface area contributed by atoms with Gasteiger partial charge in [-0.15, -0.1) is 0 Å². The van der Waals surface area contributed by atoms with Crippen molar-refractivity contribution in [3.63, 3.8) is 0 Å². The number of ketones is 1. The van der Waals surface area contributed by atoms with Gasteiger partial charge in [0, 0.05) is 19.4 Å². The standard InChI is InChI=1S/C26H45NO8/c1-16(24(32)27-15-17(2)35-25(33)18-10-8-7-9-11-18)14-20(29)23(34-6)22(31)21(30)19(28)12-13-26(3,4)5/h12-13,16-19,21-23,28,30-31H,7-11,14-15H2,1-6H3,(H,27,32)/b13-12+/t16-,17?,19-,21+,22-,23+/m1/s1. The zero-order valence-electron chi connectivity index (χ0n) is 22.0. The molecule has 0 aliphatic heterocycles. The molecule has 1 saturated carbocycles. The molecular formula is C26H45NO8. The third-order valence-electron chi connectivity index (χ3n) is 6.15. The number of methoxy groups -OCH3 is 1. The van der Waals surface area contributed by atoms with Crippen LogP contribution in [0.4, 0.5) is 0 Å². The molecule has 1 rings (SSSR count). The Morgan fingerprint density at radius 3 is 2.17 bits per heavy atom. The van der Waals surface area contributed by atoms with Gasteiger partial charge in [0.1, 0.15) is 30.5 Å². The highest BCUT2D eigenvalue weighted by Gasteiger charge is 2.36. The number of amides is 1. The number of allylic oxidation sites excluding steroid dienone is 1. The Labute approximate surface area is 209 Å². The molecule has 6 atom stereocenters. The first-order valence-electron chi connectivity index (χ1n) is 12.5. The lowest BCUT2D eigenvalue weighted by Crippen LogP contribution is -2.48. The second-order valence-electron chi connectivity index (χ2n) is 10.8. The Kier molecular flexibility index (Phi) is 13.1. The van der Waals surface area contributed by atoms with Gasteiger partial charge < -0.3 is 30.1 Å². The first-order valence-corrected chi connectivity index (χ1v) is 12.5. The number of ether oxygens (including phenoxy) is 2. The average molecular weight is 500 g/mol. The molecule has 0 saturated heterocycles. The highest BCUT2D eigenvalue weighted by atomic mass is 16.5. The molecule has 1 amide bonds. The number of aliphatic hydroxyl groups excluding tert-OH is 3. The van der Waals surface area contributed by atoms with Crippen LogP contribution in [0, 0.1) is 17.3 Å². The maximum atomic E-state index is 12.7. The number of rotatable bonds is 13. The van der Waals surface area contributed by atoms with Gasteiger partial charge in [-0.2, -0.15) is 0 Å². The van der Waals surface area contributed by atoms with E-state index < -0.39 is 48.1 Å². The molecule has 0 heterocycles. The summed E-state index contributed by atoms with van der Waals surface area (Å²) in [5.74, 6) is -2.03. The summed E-state index contributed by atoms with van der Waals surface area (Å²) >= 11 is 0. The summed E-state index contributed by atoms with van der Waals surface area (Å²) in [6.07, 6.45) is 1.05. The van der Waals surface area contributed by atoms with Crippen molar-refractivity contribution in [2.24, 2.45) is 17.3 Å². The molecule has 4 N–H and O–H groups in total. The van der Waals surface area contributed by atoms with Crippen molar-refractivity contribution < 1.29 is 39.2 Å². The zero-order valence-corrected chi connectivity index (χ0v) is 22.0. The molecule has 0 spiro atoms. The monoisotopic (exact) mass is 499 g/mol. The highest BCUT2D eigenvalue weighted by Crippen LogP contribution is 2.25. The van der Waals surface area contributed by atoms with E-state index in [2.05, 4.69) is 5.32 Å². The number of hydrogen-bond acceptors (Lipinski definition) is 8. The van der Waals surface area contributed by atoms with Crippen LogP contribution >= 0.6 is 0 Å². The van der Waals surface area contributed by atoms with Gasteiger partial charge >= 0.3 is 5.97 Å². The fourth-order valence-corrected chi connectivity index (χ4v) is 3.95. The van der Waals surface area contributed by atoms with E-state index >= 15 is 0 Å². The fourth-order valence-electron chi connectivity index (χ4n) is 3.95. The maximum absolute atomic E-state index is 12.7. The number of nitrogens with one attached hydrogen (secondary N) is 1. The Bertz CT molecular complexity index is 711. The smallest absolute Gasteiger partial charge is 0.309 e. The average Bonchev–Trinajstić information content (AvgIpc) is 2.80. The number of esters is 1. The van der Waals surface area contributed by atoms with Crippen LogP contribution in [0.2, 0.25) is 0 Å². The molecule has 1 aliphatic rings. The van der Waals surface area contributed by atoms with E-state index in [9.17, 15) is 29.7 Å². The van der Waals surface area contributed by atoms with Crippen molar-refractivity contribution in [2.45, 2.75) is 104 Å². The predicted molar refractivity (Wildman–Crippen MR) is 131 cm³/mol. The molecule has 9 nitrogen and oxygen atoms in total. The van der Waals surface area contributed by atoms with Crippen LogP contribution in [0.25, 0.3) is 0 Å². The van der Waals surface area contributed by atoms with Gasteiger partial charge in [0.15, 0.2) is 5.78 Å². The first-order chi connectivity index (χ1) is 16.3. The Morgan fingerprint density at radius 1 is 1.03 bits per heavy atom. The lowest BCUT2D eigenvalue weighted by molar-refractivity contribution is -0.154. The van der Waals surface area contributed by atoms with E-state index in [4.69, 9.17) is 9.47 Å². The number of Topliss-reactive ketones (excluding diaryl/α,β-unsaturated/α-hetero) is 1. The number of hydrogen-bond donors (Lipinski definition) is 4. The van der Waals surface area contributed by atoms with Crippen LogP contribution in [-0.2, 0) is 23.9 Å². The van der Waals surface area contributed by atoms with E-state index in [0.29, 0.717) is 0 Å². The van der Waals surface area contributed by atoms with Gasteiger partial charge in [-0.1, -0.05) is 59.1 Å². The summed E-state index contributed by atoms with van der Waals surface area (Å²) in [4.78, 5) is 37.4. The molecule has 0 bridgehead atoms. The van der Waals surface area contributed by atoms with E-state index in [-0.39, 0.29) is 30.3 Å². The Balaban J connectivity index is 2.54. The molecule has 202 valence electrons. The Hall–Kier alpha value is -1.81. The lowest BCUT2D eigenvalue weighted by Gasteiger charge is -2.27. The third kappa shape index (κ3) is 11.2. The second kappa shape index (κ2) is 14.7. The molecule has 0 aromatic rings. The van der Waals surface area contributed by atoms with Crippen LogP contribution in [0.3, 0.4) is 0 Å². The summed E-state index contributed by atoms with van der Waals surface area (Å²) in [6, 6.07) is 0. The molecule has 0 aromatic carbocycles. The number of carbonyl (C=O) groups is 3. The van der Waals surface area contributed by atoms with Crippen LogP contribution < -0.4 is 5.32 Å². The minimum Gasteiger partial charge on any atom is -0.461 e. The van der Waals surface area contributed by atoms with Crippen molar-refractivity contribution in [1.29, 1.82) is 0 Å². The van der Waals surface area contributed by atoms with E-state index in [1.165, 1.54) is 13.2 Å². The fraction of sp³-hybridized carbons (Fsp3) is 0.808. The number of carbonyl (C=O) groups excluding carboxylic acids is 3. The third-order valence-corrected chi connectivity index (χ3v) is 6.15. The summed E-state index contributed by atoms with van der Waals surface area (Å²) in [6.45, 7) is 9.12. The highest BCUT2D eigenvalue weighted by molar-refractivity contribution is 5.89. The molecule has 0 radical (unpaired) electrons. The maximum Gasteiger partial charge on any atom is 0.309 e. The van der Waals surface area contributed by atoms with Crippen molar-refractivity contribution in [3.8, 4) is 0 Å². The molecule has 1 unspecified atom stereocenters. The SMILES string of the molecule is CO[C@@H](C(=O)C[C@@H](C)C(=O)NCC(C)OC(=O)C1CCCCC1)[C@H](O)[C@@H](O)[C@H](O)/C=C/C(C)(C)C. The topological polar surface area (TPSA) is 142 Å². The molecule has 9 heteroatoms. The summed E-state index contributed by atoms with van der Waals surface area (Å²) in [5, 5.41) is 33.5. The molecular weight excluding hydrogens is 454 g/mol. The van der Waals surface area contributed by atoms with Gasteiger partial charge in [0.2, 0.25) is 5.91 Å². The van der Waals surface area contributed by atoms with Crippen LogP contribution in [0.1, 0.15) is 73.1 Å². The lowest BCUT2D eigenvalue weighted by atomic mass is 9.89. The van der Waals surface area contributed by atoms with E-state index in [1.807, 2.05) is 20.8 Å². The van der Waals surface area contributed by atoms with Gasteiger partial charge in [0.25, 0.3) is 0 Å². The van der Waals surface area contributed by atoms with Gasteiger partial charge in [0.05, 0.1) is 12.5 Å². The van der Waals surface area contributed by atoms with Crippen molar-refractivity contribution in [2.75, 3.05) is 13.7 Å². The minimum atomic E-state index is -1.68. The van der Waals surface area contributed by atoms with Crippen LogP contribution in [0.5, 0.6) is 0 Å². The first kappa shape index (κ1) is 31.2.